The number of rotatable bonds is 4. The Morgan fingerprint density at radius 2 is 1.00 bits per heavy atom. The van der Waals surface area contributed by atoms with Crippen molar-refractivity contribution in [1.82, 2.24) is 15.0 Å². The predicted octanol–water partition coefficient (Wildman–Crippen LogP) is 9.59. The third-order valence-electron chi connectivity index (χ3n) is 7.54. The zero-order valence-corrected chi connectivity index (χ0v) is 22.0. The number of furan rings is 1. The number of aromatic nitrogens is 3. The van der Waals surface area contributed by atoms with Gasteiger partial charge in [-0.25, -0.2) is 15.0 Å². The highest BCUT2D eigenvalue weighted by atomic mass is 16.3. The van der Waals surface area contributed by atoms with Crippen molar-refractivity contribution in [2.75, 3.05) is 0 Å². The van der Waals surface area contributed by atoms with E-state index in [0.29, 0.717) is 17.5 Å². The fourth-order valence-electron chi connectivity index (χ4n) is 5.59. The van der Waals surface area contributed by atoms with Crippen LogP contribution in [0.4, 0.5) is 0 Å². The van der Waals surface area contributed by atoms with Crippen LogP contribution in [-0.4, -0.2) is 15.0 Å². The molecule has 6 aromatic carbocycles. The van der Waals surface area contributed by atoms with E-state index in [0.717, 1.165) is 44.2 Å². The maximum Gasteiger partial charge on any atom is 0.164 e. The molecule has 0 spiro atoms. The third kappa shape index (κ3) is 4.05. The summed E-state index contributed by atoms with van der Waals surface area (Å²) in [6.07, 6.45) is 0. The highest BCUT2D eigenvalue weighted by molar-refractivity contribution is 6.13. The van der Waals surface area contributed by atoms with E-state index in [1.54, 1.807) is 0 Å². The van der Waals surface area contributed by atoms with E-state index in [1.807, 2.05) is 72.8 Å². The molecule has 8 rings (SSSR count). The smallest absolute Gasteiger partial charge is 0.164 e. The number of hydrogen-bond acceptors (Lipinski definition) is 4. The zero-order chi connectivity index (χ0) is 27.2. The van der Waals surface area contributed by atoms with Gasteiger partial charge >= 0.3 is 0 Å². The lowest BCUT2D eigenvalue weighted by Gasteiger charge is -2.09. The first kappa shape index (κ1) is 23.3. The summed E-state index contributed by atoms with van der Waals surface area (Å²) in [6, 6.07) is 47.5. The van der Waals surface area contributed by atoms with Crippen LogP contribution in [0.25, 0.3) is 78.0 Å². The highest BCUT2D eigenvalue weighted by Gasteiger charge is 2.18. The summed E-state index contributed by atoms with van der Waals surface area (Å²) >= 11 is 0. The van der Waals surface area contributed by atoms with Gasteiger partial charge in [-0.1, -0.05) is 121 Å². The second-order valence-electron chi connectivity index (χ2n) is 10.1. The molecule has 0 bridgehead atoms. The van der Waals surface area contributed by atoms with E-state index in [2.05, 4.69) is 66.7 Å². The van der Waals surface area contributed by atoms with E-state index in [-0.39, 0.29) is 0 Å². The molecule has 0 unspecified atom stereocenters. The Morgan fingerprint density at radius 1 is 0.390 bits per heavy atom. The molecule has 0 radical (unpaired) electrons. The Morgan fingerprint density at radius 3 is 1.76 bits per heavy atom. The summed E-state index contributed by atoms with van der Waals surface area (Å²) in [6.45, 7) is 0. The average Bonchev–Trinajstić information content (AvgIpc) is 3.43. The molecule has 0 atom stereocenters. The highest BCUT2D eigenvalue weighted by Crippen LogP contribution is 2.39. The van der Waals surface area contributed by atoms with Crippen LogP contribution in [0.5, 0.6) is 0 Å². The van der Waals surface area contributed by atoms with Crippen molar-refractivity contribution in [3.8, 4) is 45.3 Å². The lowest BCUT2D eigenvalue weighted by atomic mass is 9.97. The Balaban J connectivity index is 1.34. The standard InChI is InChI=1S/C37H23N3O/c1-3-12-25(13-4-1)35-38-36(26-14-5-2-6-15-26)40-37(39-35)31-19-10-20-32-34(31)30-22-21-27(23-33(30)41-32)29-18-9-16-24-11-7-8-17-28(24)29/h1-23H. The summed E-state index contributed by atoms with van der Waals surface area (Å²) in [5.41, 5.74) is 6.73. The van der Waals surface area contributed by atoms with E-state index < -0.39 is 0 Å². The van der Waals surface area contributed by atoms with Crippen LogP contribution in [0.1, 0.15) is 0 Å². The van der Waals surface area contributed by atoms with Crippen LogP contribution in [-0.2, 0) is 0 Å². The first-order chi connectivity index (χ1) is 20.3. The molecule has 0 fully saturated rings. The fraction of sp³-hybridized carbons (Fsp3) is 0. The van der Waals surface area contributed by atoms with E-state index >= 15 is 0 Å². The quantitative estimate of drug-likeness (QED) is 0.230. The first-order valence-corrected chi connectivity index (χ1v) is 13.6. The molecule has 4 heteroatoms. The molecular weight excluding hydrogens is 502 g/mol. The van der Waals surface area contributed by atoms with Crippen molar-refractivity contribution in [2.45, 2.75) is 0 Å². The fourth-order valence-corrected chi connectivity index (χ4v) is 5.59. The summed E-state index contributed by atoms with van der Waals surface area (Å²) in [4.78, 5) is 14.8. The van der Waals surface area contributed by atoms with Crippen molar-refractivity contribution in [1.29, 1.82) is 0 Å². The molecule has 0 aliphatic carbocycles. The number of nitrogens with zero attached hydrogens (tertiary/aromatic N) is 3. The Hall–Kier alpha value is -5.61. The molecule has 4 nitrogen and oxygen atoms in total. The van der Waals surface area contributed by atoms with Gasteiger partial charge in [0.25, 0.3) is 0 Å². The minimum Gasteiger partial charge on any atom is -0.456 e. The Labute approximate surface area is 236 Å². The van der Waals surface area contributed by atoms with Gasteiger partial charge in [-0.15, -0.1) is 0 Å². The SMILES string of the molecule is c1ccc(-c2nc(-c3ccccc3)nc(-c3cccc4oc5cc(-c6cccc7ccccc67)ccc5c34)n2)cc1. The predicted molar refractivity (Wildman–Crippen MR) is 166 cm³/mol. The van der Waals surface area contributed by atoms with Crippen molar-refractivity contribution >= 4 is 32.7 Å². The van der Waals surface area contributed by atoms with Gasteiger partial charge < -0.3 is 4.42 Å². The van der Waals surface area contributed by atoms with E-state index in [4.69, 9.17) is 19.4 Å². The third-order valence-corrected chi connectivity index (χ3v) is 7.54. The molecule has 0 saturated heterocycles. The van der Waals surface area contributed by atoms with Crippen molar-refractivity contribution in [3.63, 3.8) is 0 Å². The summed E-state index contributed by atoms with van der Waals surface area (Å²) in [5.74, 6) is 1.89. The second-order valence-corrected chi connectivity index (χ2v) is 10.1. The van der Waals surface area contributed by atoms with Gasteiger partial charge in [0.2, 0.25) is 0 Å². The van der Waals surface area contributed by atoms with Crippen LogP contribution < -0.4 is 0 Å². The molecule has 0 aliphatic heterocycles. The van der Waals surface area contributed by atoms with Crippen molar-refractivity contribution < 1.29 is 4.42 Å². The Kier molecular flexibility index (Phi) is 5.42. The number of hydrogen-bond donors (Lipinski definition) is 0. The average molecular weight is 526 g/mol. The largest absolute Gasteiger partial charge is 0.456 e. The lowest BCUT2D eigenvalue weighted by Crippen LogP contribution is -2.00. The molecular formula is C37H23N3O. The minimum absolute atomic E-state index is 0.615. The van der Waals surface area contributed by atoms with Gasteiger partial charge in [0, 0.05) is 27.5 Å². The summed E-state index contributed by atoms with van der Waals surface area (Å²) in [7, 11) is 0. The van der Waals surface area contributed by atoms with Crippen LogP contribution >= 0.6 is 0 Å². The molecule has 2 aromatic heterocycles. The van der Waals surface area contributed by atoms with Crippen LogP contribution in [0.2, 0.25) is 0 Å². The molecule has 0 N–H and O–H groups in total. The van der Waals surface area contributed by atoms with Gasteiger partial charge in [0.15, 0.2) is 17.5 Å². The monoisotopic (exact) mass is 525 g/mol. The Bertz CT molecular complexity index is 2140. The molecule has 0 saturated carbocycles. The van der Waals surface area contributed by atoms with Gasteiger partial charge in [-0.3, -0.25) is 0 Å². The number of benzene rings is 6. The van der Waals surface area contributed by atoms with E-state index in [1.165, 1.54) is 16.3 Å². The van der Waals surface area contributed by atoms with Crippen LogP contribution in [0, 0.1) is 0 Å². The normalized spacial score (nSPS) is 11.4. The molecule has 8 aromatic rings. The van der Waals surface area contributed by atoms with Crippen LogP contribution in [0.3, 0.4) is 0 Å². The van der Waals surface area contributed by atoms with Crippen molar-refractivity contribution in [2.24, 2.45) is 0 Å². The van der Waals surface area contributed by atoms with Gasteiger partial charge in [0.1, 0.15) is 11.2 Å². The molecule has 41 heavy (non-hydrogen) atoms. The molecule has 0 amide bonds. The summed E-state index contributed by atoms with van der Waals surface area (Å²) in [5, 5.41) is 4.46. The first-order valence-electron chi connectivity index (χ1n) is 13.6. The summed E-state index contributed by atoms with van der Waals surface area (Å²) < 4.78 is 6.45. The second kappa shape index (κ2) is 9.54. The maximum absolute atomic E-state index is 6.45. The van der Waals surface area contributed by atoms with Gasteiger partial charge in [-0.2, -0.15) is 0 Å². The van der Waals surface area contributed by atoms with Gasteiger partial charge in [-0.05, 0) is 40.1 Å². The lowest BCUT2D eigenvalue weighted by molar-refractivity contribution is 0.669. The zero-order valence-electron chi connectivity index (χ0n) is 22.0. The van der Waals surface area contributed by atoms with Crippen molar-refractivity contribution in [3.05, 3.63) is 140 Å². The van der Waals surface area contributed by atoms with E-state index in [9.17, 15) is 0 Å². The maximum atomic E-state index is 6.45. The molecule has 192 valence electrons. The topological polar surface area (TPSA) is 51.8 Å². The molecule has 0 aliphatic rings. The molecule has 2 heterocycles. The minimum atomic E-state index is 0.615. The van der Waals surface area contributed by atoms with Crippen LogP contribution in [0.15, 0.2) is 144 Å². The van der Waals surface area contributed by atoms with Gasteiger partial charge in [0.05, 0.1) is 0 Å². The number of fused-ring (bicyclic) bond motifs is 4.